The van der Waals surface area contributed by atoms with Gasteiger partial charge in [-0.3, -0.25) is 5.10 Å². The van der Waals surface area contributed by atoms with Gasteiger partial charge in [0.15, 0.2) is 0 Å². The van der Waals surface area contributed by atoms with Crippen molar-refractivity contribution in [2.24, 2.45) is 0 Å². The predicted molar refractivity (Wildman–Crippen MR) is 64.7 cm³/mol. The zero-order valence-electron chi connectivity index (χ0n) is 8.37. The van der Waals surface area contributed by atoms with E-state index in [0.717, 1.165) is 10.2 Å². The van der Waals surface area contributed by atoms with Crippen molar-refractivity contribution in [3.8, 4) is 0 Å². The van der Waals surface area contributed by atoms with Crippen LogP contribution in [0.5, 0.6) is 0 Å². The number of rotatable bonds is 2. The van der Waals surface area contributed by atoms with Gasteiger partial charge in [0.25, 0.3) is 0 Å². The highest BCUT2D eigenvalue weighted by atomic mass is 79.9. The van der Waals surface area contributed by atoms with Crippen LogP contribution in [-0.2, 0) is 0 Å². The number of H-pyrrole nitrogens is 1. The maximum atomic E-state index is 5.57. The smallest absolute Gasteiger partial charge is 0.145 e. The third kappa shape index (κ3) is 2.21. The van der Waals surface area contributed by atoms with E-state index in [1.54, 1.807) is 0 Å². The van der Waals surface area contributed by atoms with Crippen molar-refractivity contribution < 1.29 is 0 Å². The molecule has 0 radical (unpaired) electrons. The molecule has 3 nitrogen and oxygen atoms in total. The van der Waals surface area contributed by atoms with Crippen molar-refractivity contribution >= 4 is 21.7 Å². The Labute approximate surface area is 96.8 Å². The number of halogens is 1. The van der Waals surface area contributed by atoms with E-state index >= 15 is 0 Å². The van der Waals surface area contributed by atoms with E-state index in [9.17, 15) is 0 Å². The summed E-state index contributed by atoms with van der Waals surface area (Å²) < 4.78 is 1.08. The lowest BCUT2D eigenvalue weighted by Crippen LogP contribution is -1.96. The molecule has 0 aliphatic rings. The number of hydrogen-bond acceptors (Lipinski definition) is 2. The van der Waals surface area contributed by atoms with Crippen LogP contribution in [0.3, 0.4) is 0 Å². The second-order valence-electron chi connectivity index (χ2n) is 3.52. The van der Waals surface area contributed by atoms with Gasteiger partial charge in [-0.2, -0.15) is 5.10 Å². The van der Waals surface area contributed by atoms with Gasteiger partial charge in [0.05, 0.1) is 0 Å². The van der Waals surface area contributed by atoms with E-state index in [1.807, 2.05) is 18.2 Å². The Hall–Kier alpha value is -1.29. The van der Waals surface area contributed by atoms with Crippen LogP contribution in [-0.4, -0.2) is 10.2 Å². The van der Waals surface area contributed by atoms with Gasteiger partial charge in [-0.1, -0.05) is 35.0 Å². The summed E-state index contributed by atoms with van der Waals surface area (Å²) in [6.07, 6.45) is 0. The number of aromatic nitrogens is 2. The second-order valence-corrected chi connectivity index (χ2v) is 4.44. The molecule has 78 valence electrons. The first-order valence-electron chi connectivity index (χ1n) is 4.73. The highest BCUT2D eigenvalue weighted by Crippen LogP contribution is 2.25. The molecule has 0 aliphatic carbocycles. The van der Waals surface area contributed by atoms with Gasteiger partial charge in [-0.25, -0.2) is 0 Å². The standard InChI is InChI=1S/C11H12BrN3/c1-7(10-6-11(13)15-14-10)8-3-2-4-9(12)5-8/h2-7H,1H3,(H3,13,14,15). The normalized spacial score (nSPS) is 12.7. The average molecular weight is 266 g/mol. The summed E-state index contributed by atoms with van der Waals surface area (Å²) in [6.45, 7) is 2.12. The fourth-order valence-corrected chi connectivity index (χ4v) is 1.95. The lowest BCUT2D eigenvalue weighted by Gasteiger charge is -2.09. The Morgan fingerprint density at radius 3 is 2.80 bits per heavy atom. The highest BCUT2D eigenvalue weighted by molar-refractivity contribution is 9.10. The number of nitrogens with zero attached hydrogens (tertiary/aromatic N) is 1. The quantitative estimate of drug-likeness (QED) is 0.878. The third-order valence-corrected chi connectivity index (χ3v) is 2.93. The number of benzene rings is 1. The number of nitrogens with two attached hydrogens (primary N) is 1. The lowest BCUT2D eigenvalue weighted by molar-refractivity contribution is 0.854. The van der Waals surface area contributed by atoms with Crippen LogP contribution in [0.4, 0.5) is 5.82 Å². The number of anilines is 1. The monoisotopic (exact) mass is 265 g/mol. The first-order chi connectivity index (χ1) is 7.16. The van der Waals surface area contributed by atoms with Crippen molar-refractivity contribution in [3.63, 3.8) is 0 Å². The average Bonchev–Trinajstić information content (AvgIpc) is 2.64. The van der Waals surface area contributed by atoms with Crippen molar-refractivity contribution in [1.82, 2.24) is 10.2 Å². The summed E-state index contributed by atoms with van der Waals surface area (Å²) >= 11 is 3.46. The molecule has 0 aliphatic heterocycles. The second kappa shape index (κ2) is 4.06. The number of aromatic amines is 1. The molecule has 15 heavy (non-hydrogen) atoms. The van der Waals surface area contributed by atoms with Crippen molar-refractivity contribution in [2.75, 3.05) is 5.73 Å². The summed E-state index contributed by atoms with van der Waals surface area (Å²) in [7, 11) is 0. The minimum atomic E-state index is 0.271. The fourth-order valence-electron chi connectivity index (χ4n) is 1.53. The van der Waals surface area contributed by atoms with Crippen molar-refractivity contribution in [1.29, 1.82) is 0 Å². The van der Waals surface area contributed by atoms with Crippen LogP contribution < -0.4 is 5.73 Å². The maximum Gasteiger partial charge on any atom is 0.145 e. The van der Waals surface area contributed by atoms with Crippen LogP contribution in [0.1, 0.15) is 24.1 Å². The predicted octanol–water partition coefficient (Wildman–Crippen LogP) is 2.91. The number of nitrogens with one attached hydrogen (secondary N) is 1. The Bertz CT molecular complexity index is 464. The molecule has 0 bridgehead atoms. The van der Waals surface area contributed by atoms with Crippen LogP contribution in [0.15, 0.2) is 34.8 Å². The van der Waals surface area contributed by atoms with Crippen LogP contribution in [0.2, 0.25) is 0 Å². The van der Waals surface area contributed by atoms with Crippen LogP contribution >= 0.6 is 15.9 Å². The molecule has 1 unspecified atom stereocenters. The molecule has 1 heterocycles. The van der Waals surface area contributed by atoms with E-state index in [2.05, 4.69) is 45.2 Å². The zero-order valence-corrected chi connectivity index (χ0v) is 9.95. The molecule has 0 amide bonds. The van der Waals surface area contributed by atoms with Gasteiger partial charge in [0.1, 0.15) is 5.82 Å². The molecular weight excluding hydrogens is 254 g/mol. The van der Waals surface area contributed by atoms with Gasteiger partial charge in [0, 0.05) is 22.2 Å². The van der Waals surface area contributed by atoms with Gasteiger partial charge in [-0.15, -0.1) is 0 Å². The Balaban J connectivity index is 2.32. The van der Waals surface area contributed by atoms with Crippen molar-refractivity contribution in [2.45, 2.75) is 12.8 Å². The Morgan fingerprint density at radius 2 is 2.20 bits per heavy atom. The highest BCUT2D eigenvalue weighted by Gasteiger charge is 2.10. The zero-order chi connectivity index (χ0) is 10.8. The summed E-state index contributed by atoms with van der Waals surface area (Å²) in [5.41, 5.74) is 7.84. The summed E-state index contributed by atoms with van der Waals surface area (Å²) in [5.74, 6) is 0.805. The van der Waals surface area contributed by atoms with Crippen LogP contribution in [0, 0.1) is 0 Å². The first-order valence-corrected chi connectivity index (χ1v) is 5.52. The molecule has 0 spiro atoms. The Kier molecular flexibility index (Phi) is 2.77. The minimum absolute atomic E-state index is 0.271. The molecule has 1 aromatic carbocycles. The molecule has 0 saturated carbocycles. The van der Waals surface area contributed by atoms with Crippen LogP contribution in [0.25, 0.3) is 0 Å². The Morgan fingerprint density at radius 1 is 1.40 bits per heavy atom. The maximum absolute atomic E-state index is 5.57. The van der Waals surface area contributed by atoms with Gasteiger partial charge in [0.2, 0.25) is 0 Å². The van der Waals surface area contributed by atoms with E-state index < -0.39 is 0 Å². The van der Waals surface area contributed by atoms with Gasteiger partial charge >= 0.3 is 0 Å². The van der Waals surface area contributed by atoms with E-state index in [0.29, 0.717) is 5.82 Å². The lowest BCUT2D eigenvalue weighted by atomic mass is 9.98. The molecule has 0 fully saturated rings. The molecule has 2 rings (SSSR count). The molecule has 1 atom stereocenters. The largest absolute Gasteiger partial charge is 0.382 e. The van der Waals surface area contributed by atoms with E-state index in [4.69, 9.17) is 5.73 Å². The van der Waals surface area contributed by atoms with Gasteiger partial charge < -0.3 is 5.73 Å². The summed E-state index contributed by atoms with van der Waals surface area (Å²) in [6, 6.07) is 10.1. The topological polar surface area (TPSA) is 54.7 Å². The molecule has 4 heteroatoms. The number of hydrogen-bond donors (Lipinski definition) is 2. The van der Waals surface area contributed by atoms with E-state index in [-0.39, 0.29) is 5.92 Å². The summed E-state index contributed by atoms with van der Waals surface area (Å²) in [4.78, 5) is 0. The molecule has 2 aromatic rings. The van der Waals surface area contributed by atoms with Crippen molar-refractivity contribution in [3.05, 3.63) is 46.1 Å². The third-order valence-electron chi connectivity index (χ3n) is 2.43. The summed E-state index contributed by atoms with van der Waals surface area (Å²) in [5, 5.41) is 6.86. The first kappa shape index (κ1) is 10.2. The molecule has 1 aromatic heterocycles. The SMILES string of the molecule is CC(c1cccc(Br)c1)c1cc(N)n[nH]1. The fraction of sp³-hybridized carbons (Fsp3) is 0.182. The minimum Gasteiger partial charge on any atom is -0.382 e. The molecular formula is C11H12BrN3. The van der Waals surface area contributed by atoms with Gasteiger partial charge in [-0.05, 0) is 17.7 Å². The van der Waals surface area contributed by atoms with E-state index in [1.165, 1.54) is 5.56 Å². The molecule has 0 saturated heterocycles. The number of nitrogen functional groups attached to an aromatic ring is 1. The molecule has 3 N–H and O–H groups in total.